The number of hydrogen-bond acceptors (Lipinski definition) is 3. The van der Waals surface area contributed by atoms with Crippen LogP contribution in [0.3, 0.4) is 0 Å². The minimum Gasteiger partial charge on any atom is -0.483 e. The predicted molar refractivity (Wildman–Crippen MR) is 79.9 cm³/mol. The van der Waals surface area contributed by atoms with E-state index in [1.807, 2.05) is 39.0 Å². The van der Waals surface area contributed by atoms with Crippen LogP contribution in [0.4, 0.5) is 0 Å². The van der Waals surface area contributed by atoms with E-state index in [1.54, 1.807) is 0 Å². The second kappa shape index (κ2) is 8.59. The lowest BCUT2D eigenvalue weighted by molar-refractivity contribution is -0.123. The lowest BCUT2D eigenvalue weighted by atomic mass is 10.1. The first-order valence-electron chi connectivity index (χ1n) is 7.11. The molecule has 2 N–H and O–H groups in total. The summed E-state index contributed by atoms with van der Waals surface area (Å²) in [7, 11) is 0. The molecule has 112 valence electrons. The number of carbonyl (C=O) groups excluding carboxylic acids is 1. The molecule has 4 nitrogen and oxygen atoms in total. The smallest absolute Gasteiger partial charge is 0.257 e. The molecule has 0 fully saturated rings. The van der Waals surface area contributed by atoms with E-state index < -0.39 is 0 Å². The van der Waals surface area contributed by atoms with Crippen molar-refractivity contribution in [3.63, 3.8) is 0 Å². The summed E-state index contributed by atoms with van der Waals surface area (Å²) in [4.78, 5) is 11.7. The van der Waals surface area contributed by atoms with E-state index in [4.69, 9.17) is 9.84 Å². The van der Waals surface area contributed by atoms with Gasteiger partial charge < -0.3 is 15.2 Å². The number of amides is 1. The van der Waals surface area contributed by atoms with E-state index in [9.17, 15) is 4.79 Å². The summed E-state index contributed by atoms with van der Waals surface area (Å²) in [5.41, 5.74) is 2.07. The highest BCUT2D eigenvalue weighted by atomic mass is 16.5. The molecule has 0 spiro atoms. The minimum absolute atomic E-state index is 0.0429. The van der Waals surface area contributed by atoms with Crippen LogP contribution in [0.25, 0.3) is 0 Å². The topological polar surface area (TPSA) is 58.6 Å². The zero-order valence-corrected chi connectivity index (χ0v) is 12.6. The Morgan fingerprint density at radius 3 is 2.60 bits per heavy atom. The molecule has 1 rings (SSSR count). The number of para-hydroxylation sites is 1. The first-order chi connectivity index (χ1) is 9.54. The van der Waals surface area contributed by atoms with Gasteiger partial charge in [0.05, 0.1) is 0 Å². The van der Waals surface area contributed by atoms with Gasteiger partial charge in [-0.2, -0.15) is 0 Å². The summed E-state index contributed by atoms with van der Waals surface area (Å²) in [5, 5.41) is 11.7. The fourth-order valence-electron chi connectivity index (χ4n) is 1.99. The zero-order chi connectivity index (χ0) is 15.0. The van der Waals surface area contributed by atoms with Gasteiger partial charge in [0.2, 0.25) is 0 Å². The van der Waals surface area contributed by atoms with Crippen LogP contribution in [0.2, 0.25) is 0 Å². The maximum atomic E-state index is 11.7. The minimum atomic E-state index is -0.107. The van der Waals surface area contributed by atoms with E-state index in [1.165, 1.54) is 0 Å². The van der Waals surface area contributed by atoms with Crippen molar-refractivity contribution < 1.29 is 14.6 Å². The largest absolute Gasteiger partial charge is 0.483 e. The van der Waals surface area contributed by atoms with E-state index in [-0.39, 0.29) is 25.0 Å². The molecule has 20 heavy (non-hydrogen) atoms. The van der Waals surface area contributed by atoms with E-state index >= 15 is 0 Å². The number of aryl methyl sites for hydroxylation is 2. The first-order valence-corrected chi connectivity index (χ1v) is 7.11. The molecule has 0 heterocycles. The average molecular weight is 279 g/mol. The van der Waals surface area contributed by atoms with Gasteiger partial charge in [-0.05, 0) is 43.7 Å². The van der Waals surface area contributed by atoms with Crippen LogP contribution in [-0.2, 0) is 4.79 Å². The van der Waals surface area contributed by atoms with Crippen molar-refractivity contribution in [2.75, 3.05) is 19.8 Å². The molecule has 4 heteroatoms. The third-order valence-electron chi connectivity index (χ3n) is 3.26. The molecule has 1 unspecified atom stereocenters. The van der Waals surface area contributed by atoms with Gasteiger partial charge in [-0.25, -0.2) is 0 Å². The fraction of sp³-hybridized carbons (Fsp3) is 0.562. The molecule has 0 aromatic heterocycles. The van der Waals surface area contributed by atoms with E-state index in [0.29, 0.717) is 6.54 Å². The van der Waals surface area contributed by atoms with Crippen molar-refractivity contribution >= 4 is 5.91 Å². The Kier molecular flexibility index (Phi) is 7.09. The number of rotatable bonds is 8. The zero-order valence-electron chi connectivity index (χ0n) is 12.6. The normalized spacial score (nSPS) is 12.0. The van der Waals surface area contributed by atoms with Crippen LogP contribution in [0, 0.1) is 19.8 Å². The van der Waals surface area contributed by atoms with Crippen LogP contribution < -0.4 is 10.1 Å². The van der Waals surface area contributed by atoms with Gasteiger partial charge in [-0.1, -0.05) is 25.1 Å². The second-order valence-electron chi connectivity index (χ2n) is 5.29. The summed E-state index contributed by atoms with van der Waals surface area (Å²) >= 11 is 0. The molecule has 0 radical (unpaired) electrons. The van der Waals surface area contributed by atoms with Crippen LogP contribution in [-0.4, -0.2) is 30.8 Å². The summed E-state index contributed by atoms with van der Waals surface area (Å²) in [6.07, 6.45) is 1.78. The standard InChI is InChI=1S/C16H25NO3/c1-12(10-18)6-5-9-17-15(19)11-20-16-13(2)7-4-8-14(16)3/h4,7-8,12,18H,5-6,9-11H2,1-3H3,(H,17,19). The number of ether oxygens (including phenoxy) is 1. The molecule has 0 aliphatic carbocycles. The van der Waals surface area contributed by atoms with Crippen molar-refractivity contribution in [2.45, 2.75) is 33.6 Å². The molecule has 0 saturated carbocycles. The third-order valence-corrected chi connectivity index (χ3v) is 3.26. The number of nitrogens with one attached hydrogen (secondary N) is 1. The summed E-state index contributed by atoms with van der Waals surface area (Å²) in [6.45, 7) is 6.79. The molecular weight excluding hydrogens is 254 g/mol. The number of aliphatic hydroxyl groups excluding tert-OH is 1. The SMILES string of the molecule is Cc1cccc(C)c1OCC(=O)NCCCC(C)CO. The van der Waals surface area contributed by atoms with Gasteiger partial charge in [0.1, 0.15) is 5.75 Å². The van der Waals surface area contributed by atoms with Crippen LogP contribution in [0.15, 0.2) is 18.2 Å². The molecule has 1 aromatic carbocycles. The van der Waals surface area contributed by atoms with Gasteiger partial charge in [0.15, 0.2) is 6.61 Å². The Balaban J connectivity index is 2.26. The van der Waals surface area contributed by atoms with Crippen molar-refractivity contribution in [2.24, 2.45) is 5.92 Å². The van der Waals surface area contributed by atoms with Crippen molar-refractivity contribution in [1.29, 1.82) is 0 Å². The molecule has 1 aromatic rings. The lowest BCUT2D eigenvalue weighted by Crippen LogP contribution is -2.30. The number of benzene rings is 1. The van der Waals surface area contributed by atoms with Gasteiger partial charge in [-0.3, -0.25) is 4.79 Å². The number of carbonyl (C=O) groups is 1. The molecular formula is C16H25NO3. The van der Waals surface area contributed by atoms with Gasteiger partial charge in [-0.15, -0.1) is 0 Å². The summed E-state index contributed by atoms with van der Waals surface area (Å²) in [5.74, 6) is 0.971. The van der Waals surface area contributed by atoms with Crippen LogP contribution >= 0.6 is 0 Å². The lowest BCUT2D eigenvalue weighted by Gasteiger charge is -2.12. The molecule has 0 aliphatic heterocycles. The quantitative estimate of drug-likeness (QED) is 0.717. The van der Waals surface area contributed by atoms with Crippen LogP contribution in [0.1, 0.15) is 30.9 Å². The van der Waals surface area contributed by atoms with Gasteiger partial charge in [0.25, 0.3) is 5.91 Å². The first kappa shape index (κ1) is 16.5. The Bertz CT molecular complexity index is 411. The van der Waals surface area contributed by atoms with Gasteiger partial charge >= 0.3 is 0 Å². The average Bonchev–Trinajstić information content (AvgIpc) is 2.42. The number of hydrogen-bond donors (Lipinski definition) is 2. The van der Waals surface area contributed by atoms with Crippen molar-refractivity contribution in [3.8, 4) is 5.75 Å². The highest BCUT2D eigenvalue weighted by Gasteiger charge is 2.07. The number of aliphatic hydroxyl groups is 1. The third kappa shape index (κ3) is 5.61. The van der Waals surface area contributed by atoms with Gasteiger partial charge in [0, 0.05) is 13.2 Å². The highest BCUT2D eigenvalue weighted by molar-refractivity contribution is 5.77. The van der Waals surface area contributed by atoms with E-state index in [2.05, 4.69) is 5.32 Å². The van der Waals surface area contributed by atoms with Crippen molar-refractivity contribution in [3.05, 3.63) is 29.3 Å². The maximum Gasteiger partial charge on any atom is 0.257 e. The van der Waals surface area contributed by atoms with Crippen LogP contribution in [0.5, 0.6) is 5.75 Å². The second-order valence-corrected chi connectivity index (χ2v) is 5.29. The van der Waals surface area contributed by atoms with E-state index in [0.717, 1.165) is 29.7 Å². The Morgan fingerprint density at radius 2 is 2.00 bits per heavy atom. The highest BCUT2D eigenvalue weighted by Crippen LogP contribution is 2.21. The Hall–Kier alpha value is -1.55. The molecule has 1 amide bonds. The Labute approximate surface area is 121 Å². The summed E-state index contributed by atoms with van der Waals surface area (Å²) in [6, 6.07) is 5.91. The van der Waals surface area contributed by atoms with Crippen molar-refractivity contribution in [1.82, 2.24) is 5.32 Å². The maximum absolute atomic E-state index is 11.7. The molecule has 0 aliphatic rings. The Morgan fingerprint density at radius 1 is 1.35 bits per heavy atom. The fourth-order valence-corrected chi connectivity index (χ4v) is 1.99. The molecule has 0 saturated heterocycles. The predicted octanol–water partition coefficient (Wildman–Crippen LogP) is 2.21. The summed E-state index contributed by atoms with van der Waals surface area (Å²) < 4.78 is 5.58. The molecule has 0 bridgehead atoms. The molecule has 1 atom stereocenters. The monoisotopic (exact) mass is 279 g/mol.